The van der Waals surface area contributed by atoms with Gasteiger partial charge in [-0.05, 0) is 25.5 Å². The Bertz CT molecular complexity index is 552. The molecule has 1 aromatic carbocycles. The Morgan fingerprint density at radius 3 is 2.78 bits per heavy atom. The molecule has 96 valence electrons. The summed E-state index contributed by atoms with van der Waals surface area (Å²) in [5.41, 5.74) is -0.134. The van der Waals surface area contributed by atoms with Crippen molar-refractivity contribution >= 4 is 44.1 Å². The molecule has 18 heavy (non-hydrogen) atoms. The Labute approximate surface area is 121 Å². The van der Waals surface area contributed by atoms with Crippen LogP contribution < -0.4 is 5.32 Å². The largest absolute Gasteiger partial charge is 0.363 e. The summed E-state index contributed by atoms with van der Waals surface area (Å²) < 4.78 is 1.08. The van der Waals surface area contributed by atoms with Crippen molar-refractivity contribution in [2.24, 2.45) is 0 Å². The van der Waals surface area contributed by atoms with Crippen LogP contribution in [0.1, 0.15) is 20.3 Å². The molecule has 1 N–H and O–H groups in total. The molecule has 0 radical (unpaired) electrons. The maximum atomic E-state index is 6.04. The molecule has 0 fully saturated rings. The molecule has 2 rings (SSSR count). The minimum absolute atomic E-state index is 0.134. The van der Waals surface area contributed by atoms with Gasteiger partial charge >= 0.3 is 0 Å². The summed E-state index contributed by atoms with van der Waals surface area (Å²) in [6.07, 6.45) is 2.77. The van der Waals surface area contributed by atoms with Crippen LogP contribution in [0.25, 0.3) is 10.8 Å². The first-order valence-corrected chi connectivity index (χ1v) is 7.30. The summed E-state index contributed by atoms with van der Waals surface area (Å²) in [6, 6.07) is 8.13. The number of rotatable bonds is 4. The molecule has 1 unspecified atom stereocenters. The van der Waals surface area contributed by atoms with Gasteiger partial charge in [-0.3, -0.25) is 0 Å². The van der Waals surface area contributed by atoms with Crippen molar-refractivity contribution in [1.29, 1.82) is 0 Å². The van der Waals surface area contributed by atoms with Crippen LogP contribution in [-0.4, -0.2) is 16.4 Å². The molecular weight excluding hydrogens is 312 g/mol. The first kappa shape index (κ1) is 13.6. The lowest BCUT2D eigenvalue weighted by atomic mass is 10.0. The predicted molar refractivity (Wildman–Crippen MR) is 82.5 cm³/mol. The smallest absolute Gasteiger partial charge is 0.134 e. The minimum atomic E-state index is -0.134. The third kappa shape index (κ3) is 2.62. The molecule has 0 bridgehead atoms. The van der Waals surface area contributed by atoms with E-state index in [0.717, 1.165) is 27.5 Å². The van der Waals surface area contributed by atoms with Gasteiger partial charge in [0.15, 0.2) is 0 Å². The van der Waals surface area contributed by atoms with Gasteiger partial charge in [0.25, 0.3) is 0 Å². The van der Waals surface area contributed by atoms with E-state index in [4.69, 9.17) is 11.6 Å². The lowest BCUT2D eigenvalue weighted by Gasteiger charge is -2.28. The van der Waals surface area contributed by atoms with E-state index in [1.54, 1.807) is 0 Å². The number of halogens is 2. The lowest BCUT2D eigenvalue weighted by molar-refractivity contribution is 0.552. The van der Waals surface area contributed by atoms with Crippen molar-refractivity contribution in [3.63, 3.8) is 0 Å². The van der Waals surface area contributed by atoms with Crippen LogP contribution in [0, 0.1) is 0 Å². The highest BCUT2D eigenvalue weighted by Gasteiger charge is 2.21. The second-order valence-electron chi connectivity index (χ2n) is 4.67. The zero-order valence-corrected chi connectivity index (χ0v) is 12.8. The Morgan fingerprint density at radius 2 is 2.11 bits per heavy atom. The fourth-order valence-corrected chi connectivity index (χ4v) is 2.52. The number of alkyl halides is 1. The molecule has 0 aliphatic carbocycles. The number of aromatic nitrogens is 1. The standard InChI is InChI=1S/C14H16BrClN2/c1-3-14(2,9-16)18-13-11-5-4-6-12(15)10(11)7-8-17-13/h4-8H,3,9H2,1-2H3,(H,17,18). The van der Waals surface area contributed by atoms with Crippen LogP contribution in [0.4, 0.5) is 5.82 Å². The Morgan fingerprint density at radius 1 is 1.33 bits per heavy atom. The summed E-state index contributed by atoms with van der Waals surface area (Å²) in [6.45, 7) is 4.23. The van der Waals surface area contributed by atoms with Crippen molar-refractivity contribution in [2.75, 3.05) is 11.2 Å². The van der Waals surface area contributed by atoms with E-state index in [-0.39, 0.29) is 5.54 Å². The average molecular weight is 328 g/mol. The van der Waals surface area contributed by atoms with Gasteiger partial charge in [0.2, 0.25) is 0 Å². The number of pyridine rings is 1. The Kier molecular flexibility index (Phi) is 4.13. The number of hydrogen-bond acceptors (Lipinski definition) is 2. The Hall–Kier alpha value is -0.800. The van der Waals surface area contributed by atoms with Gasteiger partial charge in [-0.2, -0.15) is 0 Å². The fraction of sp³-hybridized carbons (Fsp3) is 0.357. The second-order valence-corrected chi connectivity index (χ2v) is 5.79. The van der Waals surface area contributed by atoms with Crippen LogP contribution in [0.3, 0.4) is 0 Å². The first-order valence-electron chi connectivity index (χ1n) is 5.97. The van der Waals surface area contributed by atoms with E-state index < -0.39 is 0 Å². The van der Waals surface area contributed by atoms with E-state index in [9.17, 15) is 0 Å². The monoisotopic (exact) mass is 326 g/mol. The molecular formula is C14H16BrClN2. The third-order valence-electron chi connectivity index (χ3n) is 3.25. The highest BCUT2D eigenvalue weighted by molar-refractivity contribution is 9.10. The fourth-order valence-electron chi connectivity index (χ4n) is 1.77. The van der Waals surface area contributed by atoms with Gasteiger partial charge in [0.05, 0.1) is 0 Å². The maximum Gasteiger partial charge on any atom is 0.134 e. The number of anilines is 1. The van der Waals surface area contributed by atoms with E-state index >= 15 is 0 Å². The molecule has 0 spiro atoms. The molecule has 2 aromatic rings. The molecule has 1 heterocycles. The van der Waals surface area contributed by atoms with Gasteiger partial charge < -0.3 is 5.32 Å². The van der Waals surface area contributed by atoms with Gasteiger partial charge in [0, 0.05) is 32.9 Å². The van der Waals surface area contributed by atoms with Gasteiger partial charge in [-0.1, -0.05) is 35.0 Å². The summed E-state index contributed by atoms with van der Waals surface area (Å²) in [7, 11) is 0. The predicted octanol–water partition coefficient (Wildman–Crippen LogP) is 4.82. The van der Waals surface area contributed by atoms with Crippen molar-refractivity contribution in [3.8, 4) is 0 Å². The summed E-state index contributed by atoms with van der Waals surface area (Å²) in [5, 5.41) is 5.72. The van der Waals surface area contributed by atoms with Crippen molar-refractivity contribution in [2.45, 2.75) is 25.8 Å². The molecule has 0 amide bonds. The van der Waals surface area contributed by atoms with E-state index in [0.29, 0.717) is 5.88 Å². The van der Waals surface area contributed by atoms with Gasteiger partial charge in [-0.15, -0.1) is 11.6 Å². The molecule has 1 atom stereocenters. The van der Waals surface area contributed by atoms with E-state index in [1.807, 2.05) is 24.4 Å². The van der Waals surface area contributed by atoms with Crippen molar-refractivity contribution in [1.82, 2.24) is 4.98 Å². The van der Waals surface area contributed by atoms with Crippen molar-refractivity contribution in [3.05, 3.63) is 34.9 Å². The molecule has 0 saturated heterocycles. The number of hydrogen-bond donors (Lipinski definition) is 1. The highest BCUT2D eigenvalue weighted by Crippen LogP contribution is 2.29. The average Bonchev–Trinajstić information content (AvgIpc) is 2.40. The highest BCUT2D eigenvalue weighted by atomic mass is 79.9. The van der Waals surface area contributed by atoms with Crippen LogP contribution in [0.15, 0.2) is 34.9 Å². The molecule has 4 heteroatoms. The van der Waals surface area contributed by atoms with Gasteiger partial charge in [-0.25, -0.2) is 4.98 Å². The molecule has 0 aliphatic heterocycles. The maximum absolute atomic E-state index is 6.04. The zero-order chi connectivity index (χ0) is 13.2. The molecule has 1 aromatic heterocycles. The minimum Gasteiger partial charge on any atom is -0.363 e. The van der Waals surface area contributed by atoms with E-state index in [2.05, 4.69) is 46.1 Å². The number of benzene rings is 1. The van der Waals surface area contributed by atoms with Crippen LogP contribution in [0.2, 0.25) is 0 Å². The summed E-state index contributed by atoms with van der Waals surface area (Å²) >= 11 is 9.60. The third-order valence-corrected chi connectivity index (χ3v) is 4.53. The lowest BCUT2D eigenvalue weighted by Crippen LogP contribution is -2.36. The normalized spacial score (nSPS) is 14.4. The van der Waals surface area contributed by atoms with Crippen molar-refractivity contribution < 1.29 is 0 Å². The molecule has 0 saturated carbocycles. The SMILES string of the molecule is CCC(C)(CCl)Nc1nccc2c(Br)cccc12. The van der Waals surface area contributed by atoms with Crippen LogP contribution in [-0.2, 0) is 0 Å². The molecule has 0 aliphatic rings. The van der Waals surface area contributed by atoms with Crippen LogP contribution >= 0.6 is 27.5 Å². The van der Waals surface area contributed by atoms with Gasteiger partial charge in [0.1, 0.15) is 5.82 Å². The Balaban J connectivity index is 2.49. The number of nitrogens with one attached hydrogen (secondary N) is 1. The first-order chi connectivity index (χ1) is 8.59. The number of nitrogens with zero attached hydrogens (tertiary/aromatic N) is 1. The summed E-state index contributed by atoms with van der Waals surface area (Å²) in [5.74, 6) is 1.44. The van der Waals surface area contributed by atoms with E-state index in [1.165, 1.54) is 0 Å². The topological polar surface area (TPSA) is 24.9 Å². The molecule has 2 nitrogen and oxygen atoms in total. The second kappa shape index (κ2) is 5.45. The quantitative estimate of drug-likeness (QED) is 0.815. The zero-order valence-electron chi connectivity index (χ0n) is 10.5. The summed E-state index contributed by atoms with van der Waals surface area (Å²) in [4.78, 5) is 4.44. The van der Waals surface area contributed by atoms with Crippen LogP contribution in [0.5, 0.6) is 0 Å². The number of fused-ring (bicyclic) bond motifs is 1.